The number of carbonyl (C=O) groups excluding carboxylic acids is 1. The molecular formula is C14H18ClFN2O. The van der Waals surface area contributed by atoms with Crippen molar-refractivity contribution in [2.45, 2.75) is 31.3 Å². The molecule has 104 valence electrons. The van der Waals surface area contributed by atoms with Crippen molar-refractivity contribution in [2.75, 3.05) is 14.1 Å². The van der Waals surface area contributed by atoms with Crippen LogP contribution in [0.25, 0.3) is 0 Å². The molecule has 5 heteroatoms. The van der Waals surface area contributed by atoms with Crippen molar-refractivity contribution >= 4 is 17.5 Å². The van der Waals surface area contributed by atoms with Crippen LogP contribution in [0.5, 0.6) is 0 Å². The summed E-state index contributed by atoms with van der Waals surface area (Å²) in [6.45, 7) is 0. The van der Waals surface area contributed by atoms with Crippen molar-refractivity contribution in [3.8, 4) is 0 Å². The Morgan fingerprint density at radius 1 is 1.37 bits per heavy atom. The number of hydrogen-bond acceptors (Lipinski definition) is 2. The molecule has 1 aliphatic carbocycles. The van der Waals surface area contributed by atoms with Gasteiger partial charge in [-0.3, -0.25) is 4.79 Å². The van der Waals surface area contributed by atoms with Gasteiger partial charge in [0.2, 0.25) is 0 Å². The van der Waals surface area contributed by atoms with Gasteiger partial charge in [-0.1, -0.05) is 11.6 Å². The summed E-state index contributed by atoms with van der Waals surface area (Å²) >= 11 is 5.76. The largest absolute Gasteiger partial charge is 0.348 e. The molecule has 1 N–H and O–H groups in total. The first-order valence-electron chi connectivity index (χ1n) is 6.41. The van der Waals surface area contributed by atoms with E-state index >= 15 is 0 Å². The number of halogens is 2. The lowest BCUT2D eigenvalue weighted by atomic mass is 10.1. The summed E-state index contributed by atoms with van der Waals surface area (Å²) in [7, 11) is 4.02. The molecule has 0 aromatic heterocycles. The van der Waals surface area contributed by atoms with Crippen LogP contribution in [0.3, 0.4) is 0 Å². The molecule has 0 radical (unpaired) electrons. The zero-order valence-electron chi connectivity index (χ0n) is 11.1. The number of hydrogen-bond donors (Lipinski definition) is 1. The van der Waals surface area contributed by atoms with E-state index in [0.717, 1.165) is 19.3 Å². The Labute approximate surface area is 117 Å². The number of amides is 1. The molecule has 2 atom stereocenters. The van der Waals surface area contributed by atoms with E-state index in [1.165, 1.54) is 18.2 Å². The summed E-state index contributed by atoms with van der Waals surface area (Å²) < 4.78 is 13.2. The molecule has 1 fully saturated rings. The second-order valence-corrected chi connectivity index (χ2v) is 5.64. The van der Waals surface area contributed by atoms with Gasteiger partial charge in [0.05, 0.1) is 0 Å². The van der Waals surface area contributed by atoms with Gasteiger partial charge >= 0.3 is 0 Å². The van der Waals surface area contributed by atoms with Crippen LogP contribution in [-0.4, -0.2) is 37.0 Å². The molecule has 1 amide bonds. The van der Waals surface area contributed by atoms with E-state index in [9.17, 15) is 9.18 Å². The third-order valence-corrected chi connectivity index (χ3v) is 3.80. The Hall–Kier alpha value is -1.13. The van der Waals surface area contributed by atoms with Gasteiger partial charge in [-0.15, -0.1) is 0 Å². The summed E-state index contributed by atoms with van der Waals surface area (Å²) in [5.74, 6) is -0.756. The van der Waals surface area contributed by atoms with E-state index in [1.54, 1.807) is 0 Å². The summed E-state index contributed by atoms with van der Waals surface area (Å²) in [6.07, 6.45) is 3.12. The minimum Gasteiger partial charge on any atom is -0.348 e. The number of benzene rings is 1. The van der Waals surface area contributed by atoms with Gasteiger partial charge in [0.15, 0.2) is 0 Å². The highest BCUT2D eigenvalue weighted by Gasteiger charge is 2.30. The second-order valence-electron chi connectivity index (χ2n) is 5.20. The van der Waals surface area contributed by atoms with Crippen LogP contribution in [0, 0.1) is 5.82 Å². The quantitative estimate of drug-likeness (QED) is 0.926. The average Bonchev–Trinajstić information content (AvgIpc) is 2.75. The topological polar surface area (TPSA) is 32.3 Å². The van der Waals surface area contributed by atoms with Crippen molar-refractivity contribution in [2.24, 2.45) is 0 Å². The molecule has 0 unspecified atom stereocenters. The molecule has 0 spiro atoms. The molecular weight excluding hydrogens is 267 g/mol. The van der Waals surface area contributed by atoms with Gasteiger partial charge in [0.25, 0.3) is 5.91 Å². The molecule has 1 saturated carbocycles. The highest BCUT2D eigenvalue weighted by molar-refractivity contribution is 6.31. The lowest BCUT2D eigenvalue weighted by Crippen LogP contribution is -2.46. The van der Waals surface area contributed by atoms with Crippen molar-refractivity contribution in [3.05, 3.63) is 34.6 Å². The maximum Gasteiger partial charge on any atom is 0.251 e. The fourth-order valence-electron chi connectivity index (χ4n) is 2.66. The molecule has 0 heterocycles. The number of rotatable bonds is 3. The lowest BCUT2D eigenvalue weighted by Gasteiger charge is -2.26. The number of nitrogens with zero attached hydrogens (tertiary/aromatic N) is 1. The maximum absolute atomic E-state index is 13.2. The number of nitrogens with one attached hydrogen (secondary N) is 1. The Bertz CT molecular complexity index is 458. The minimum atomic E-state index is -0.492. The monoisotopic (exact) mass is 284 g/mol. The van der Waals surface area contributed by atoms with Crippen LogP contribution in [0.1, 0.15) is 29.6 Å². The molecule has 1 aromatic rings. The van der Waals surface area contributed by atoms with Crippen LogP contribution < -0.4 is 5.32 Å². The molecule has 0 bridgehead atoms. The van der Waals surface area contributed by atoms with Crippen LogP contribution in [0.4, 0.5) is 4.39 Å². The fraction of sp³-hybridized carbons (Fsp3) is 0.500. The SMILES string of the molecule is CN(C)[C@@H]1CCC[C@H]1NC(=O)c1cc(F)cc(Cl)c1. The van der Waals surface area contributed by atoms with Gasteiger partial charge < -0.3 is 10.2 Å². The van der Waals surface area contributed by atoms with E-state index < -0.39 is 5.82 Å². The minimum absolute atomic E-state index is 0.115. The van der Waals surface area contributed by atoms with Gasteiger partial charge in [0, 0.05) is 22.7 Å². The Kier molecular flexibility index (Phi) is 4.42. The van der Waals surface area contributed by atoms with E-state index in [-0.39, 0.29) is 22.5 Å². The smallest absolute Gasteiger partial charge is 0.251 e. The maximum atomic E-state index is 13.2. The molecule has 0 aliphatic heterocycles. The molecule has 1 aliphatic rings. The van der Waals surface area contributed by atoms with E-state index in [0.29, 0.717) is 6.04 Å². The van der Waals surface area contributed by atoms with Crippen molar-refractivity contribution in [3.63, 3.8) is 0 Å². The molecule has 3 nitrogen and oxygen atoms in total. The molecule has 1 aromatic carbocycles. The summed E-state index contributed by atoms with van der Waals surface area (Å²) in [5, 5.41) is 3.21. The zero-order chi connectivity index (χ0) is 14.0. The van der Waals surface area contributed by atoms with Crippen LogP contribution >= 0.6 is 11.6 Å². The van der Waals surface area contributed by atoms with Gasteiger partial charge in [-0.05, 0) is 51.6 Å². The first-order chi connectivity index (χ1) is 8.97. The van der Waals surface area contributed by atoms with Crippen LogP contribution in [0.15, 0.2) is 18.2 Å². The van der Waals surface area contributed by atoms with E-state index in [2.05, 4.69) is 10.2 Å². The first kappa shape index (κ1) is 14.3. The Morgan fingerprint density at radius 2 is 2.11 bits per heavy atom. The predicted molar refractivity (Wildman–Crippen MR) is 74.0 cm³/mol. The lowest BCUT2D eigenvalue weighted by molar-refractivity contribution is 0.0918. The summed E-state index contributed by atoms with van der Waals surface area (Å²) in [5.41, 5.74) is 0.273. The van der Waals surface area contributed by atoms with Crippen LogP contribution in [0.2, 0.25) is 5.02 Å². The van der Waals surface area contributed by atoms with Crippen molar-refractivity contribution in [1.29, 1.82) is 0 Å². The number of carbonyl (C=O) groups is 1. The zero-order valence-corrected chi connectivity index (χ0v) is 11.9. The number of likely N-dealkylation sites (N-methyl/N-ethyl adjacent to an activating group) is 1. The average molecular weight is 285 g/mol. The normalized spacial score (nSPS) is 22.8. The standard InChI is InChI=1S/C14H18ClFN2O/c1-18(2)13-5-3-4-12(13)17-14(19)9-6-10(15)8-11(16)7-9/h6-8,12-13H,3-5H2,1-2H3,(H,17,19)/t12-,13-/m1/s1. The van der Waals surface area contributed by atoms with Crippen molar-refractivity contribution in [1.82, 2.24) is 10.2 Å². The van der Waals surface area contributed by atoms with Crippen LogP contribution in [-0.2, 0) is 0 Å². The van der Waals surface area contributed by atoms with Gasteiger partial charge in [-0.2, -0.15) is 0 Å². The fourth-order valence-corrected chi connectivity index (χ4v) is 2.89. The predicted octanol–water partition coefficient (Wildman–Crippen LogP) is 2.69. The Balaban J connectivity index is 2.08. The molecule has 19 heavy (non-hydrogen) atoms. The summed E-state index contributed by atoms with van der Waals surface area (Å²) in [4.78, 5) is 14.2. The van der Waals surface area contributed by atoms with E-state index in [4.69, 9.17) is 11.6 Å². The second kappa shape index (κ2) is 5.88. The molecule has 0 saturated heterocycles. The Morgan fingerprint density at radius 3 is 2.74 bits per heavy atom. The highest BCUT2D eigenvalue weighted by Crippen LogP contribution is 2.23. The first-order valence-corrected chi connectivity index (χ1v) is 6.78. The van der Waals surface area contributed by atoms with Crippen molar-refractivity contribution < 1.29 is 9.18 Å². The van der Waals surface area contributed by atoms with Gasteiger partial charge in [0.1, 0.15) is 5.82 Å². The summed E-state index contributed by atoms with van der Waals surface area (Å²) in [6, 6.07) is 4.34. The van der Waals surface area contributed by atoms with Gasteiger partial charge in [-0.25, -0.2) is 4.39 Å². The third-order valence-electron chi connectivity index (χ3n) is 3.58. The van der Waals surface area contributed by atoms with E-state index in [1.807, 2.05) is 14.1 Å². The molecule has 2 rings (SSSR count). The highest BCUT2D eigenvalue weighted by atomic mass is 35.5. The third kappa shape index (κ3) is 3.45.